The fourth-order valence-corrected chi connectivity index (χ4v) is 8.58. The minimum absolute atomic E-state index is 0.0819. The Morgan fingerprint density at radius 2 is 2.00 bits per heavy atom. The van der Waals surface area contributed by atoms with Crippen LogP contribution in [-0.2, 0) is 4.75 Å². The Kier molecular flexibility index (Phi) is 5.13. The van der Waals surface area contributed by atoms with E-state index in [2.05, 4.69) is 64.6 Å². The van der Waals surface area contributed by atoms with E-state index in [-0.39, 0.29) is 15.2 Å². The van der Waals surface area contributed by atoms with Gasteiger partial charge in [0.1, 0.15) is 22.7 Å². The molecule has 0 bridgehead atoms. The van der Waals surface area contributed by atoms with E-state index in [9.17, 15) is 5.26 Å². The number of halogens is 3. The molecule has 3 rings (SSSR count). The molecule has 3 aromatic rings. The highest BCUT2D eigenvalue weighted by Gasteiger charge is 2.42. The molecule has 0 aliphatic carbocycles. The van der Waals surface area contributed by atoms with Gasteiger partial charge in [0.25, 0.3) is 0 Å². The third kappa shape index (κ3) is 3.31. The molecule has 0 spiro atoms. The Morgan fingerprint density at radius 3 is 2.52 bits per heavy atom. The average Bonchev–Trinajstić information content (AvgIpc) is 3.12. The summed E-state index contributed by atoms with van der Waals surface area (Å²) in [5.74, 6) is 0.665. The smallest absolute Gasteiger partial charge is 0.228 e. The van der Waals surface area contributed by atoms with Crippen molar-refractivity contribution >= 4 is 56.3 Å². The molecule has 0 aliphatic rings. The van der Waals surface area contributed by atoms with Gasteiger partial charge in [-0.2, -0.15) is 10.4 Å². The monoisotopic (exact) mass is 503 g/mol. The second kappa shape index (κ2) is 6.88. The average molecular weight is 504 g/mol. The van der Waals surface area contributed by atoms with Crippen molar-refractivity contribution in [3.8, 4) is 27.9 Å². The van der Waals surface area contributed by atoms with Gasteiger partial charge in [-0.1, -0.05) is 29.3 Å². The first kappa shape index (κ1) is 18.6. The molecule has 2 heterocycles. The number of benzene rings is 1. The number of thiophene rings is 1. The van der Waals surface area contributed by atoms with Crippen molar-refractivity contribution in [3.63, 3.8) is 0 Å². The number of hydrogen-bond donors (Lipinski definition) is 1. The zero-order chi connectivity index (χ0) is 18.4. The van der Waals surface area contributed by atoms with Gasteiger partial charge in [0.2, 0.25) is 13.6 Å². The fraction of sp³-hybridized carbons (Fsp3) is 0.235. The molecular formula is C17H14Cl2IN4S+. The molecule has 1 N–H and O–H groups in total. The number of H-pyrrole nitrogens is 1. The molecule has 0 saturated carbocycles. The molecule has 0 aliphatic heterocycles. The van der Waals surface area contributed by atoms with Gasteiger partial charge in [-0.25, -0.2) is 4.98 Å². The second-order valence-corrected chi connectivity index (χ2v) is 11.6. The topological polar surface area (TPSA) is 65.4 Å². The van der Waals surface area contributed by atoms with Crippen LogP contribution in [0.3, 0.4) is 0 Å². The lowest BCUT2D eigenvalue weighted by atomic mass is 10.0. The van der Waals surface area contributed by atoms with Gasteiger partial charge in [0.15, 0.2) is 0 Å². The summed E-state index contributed by atoms with van der Waals surface area (Å²) in [6, 6.07) is 7.69. The number of aromatic nitrogens is 3. The van der Waals surface area contributed by atoms with Crippen LogP contribution >= 0.6 is 56.3 Å². The Morgan fingerprint density at radius 1 is 1.28 bits per heavy atom. The van der Waals surface area contributed by atoms with E-state index in [0.717, 1.165) is 18.9 Å². The van der Waals surface area contributed by atoms with Crippen molar-refractivity contribution in [3.05, 3.63) is 43.0 Å². The Labute approximate surface area is 172 Å². The Bertz CT molecular complexity index is 982. The van der Waals surface area contributed by atoms with Gasteiger partial charge in [0, 0.05) is 43.6 Å². The lowest BCUT2D eigenvalue weighted by Gasteiger charge is -2.12. The number of aromatic amines is 1. The van der Waals surface area contributed by atoms with Gasteiger partial charge in [-0.15, -0.1) is 0 Å². The summed E-state index contributed by atoms with van der Waals surface area (Å²) in [5.41, 5.74) is 2.22. The normalized spacial score (nSPS) is 12.3. The van der Waals surface area contributed by atoms with Crippen LogP contribution in [-0.4, -0.2) is 15.2 Å². The Balaban J connectivity index is 2.48. The zero-order valence-corrected chi connectivity index (χ0v) is 18.2. The van der Waals surface area contributed by atoms with Crippen molar-refractivity contribution in [2.45, 2.75) is 25.5 Å². The van der Waals surface area contributed by atoms with Crippen LogP contribution in [0.1, 0.15) is 26.3 Å². The van der Waals surface area contributed by atoms with Gasteiger partial charge >= 0.3 is 0 Å². The van der Waals surface area contributed by atoms with Crippen LogP contribution in [0.2, 0.25) is 10.0 Å². The highest BCUT2D eigenvalue weighted by molar-refractivity contribution is 14.1. The molecule has 1 aromatic carbocycles. The first-order valence-electron chi connectivity index (χ1n) is 7.35. The molecular weight excluding hydrogens is 490 g/mol. The van der Waals surface area contributed by atoms with Gasteiger partial charge in [-0.3, -0.25) is 5.10 Å². The van der Waals surface area contributed by atoms with Crippen LogP contribution in [0.25, 0.3) is 21.8 Å². The lowest BCUT2D eigenvalue weighted by molar-refractivity contribution is 0.715. The third-order valence-corrected chi connectivity index (χ3v) is 8.61. The molecule has 4 nitrogen and oxygen atoms in total. The summed E-state index contributed by atoms with van der Waals surface area (Å²) in [6.45, 7) is 6.48. The zero-order valence-electron chi connectivity index (χ0n) is 13.7. The van der Waals surface area contributed by atoms with Crippen LogP contribution in [0.4, 0.5) is 0 Å². The number of nitriles is 1. The summed E-state index contributed by atoms with van der Waals surface area (Å²) in [4.78, 5) is 5.33. The number of hydrogen-bond acceptors (Lipinski definition) is 3. The van der Waals surface area contributed by atoms with Crippen molar-refractivity contribution in [1.29, 1.82) is 5.26 Å². The van der Waals surface area contributed by atoms with Crippen molar-refractivity contribution in [1.82, 2.24) is 15.2 Å². The van der Waals surface area contributed by atoms with Crippen LogP contribution in [0, 0.1) is 14.2 Å². The van der Waals surface area contributed by atoms with E-state index >= 15 is 0 Å². The molecule has 1 unspecified atom stereocenters. The molecule has 8 heteroatoms. The first-order valence-corrected chi connectivity index (χ1v) is 10.4. The van der Waals surface area contributed by atoms with Crippen molar-refractivity contribution < 1.29 is 0 Å². The van der Waals surface area contributed by atoms with E-state index in [1.165, 1.54) is 6.33 Å². The second-order valence-electron chi connectivity index (χ2n) is 6.34. The molecule has 0 radical (unpaired) electrons. The number of rotatable bonds is 2. The molecule has 25 heavy (non-hydrogen) atoms. The van der Waals surface area contributed by atoms with E-state index in [1.54, 1.807) is 12.1 Å². The molecule has 0 amide bonds. The first-order chi connectivity index (χ1) is 11.8. The van der Waals surface area contributed by atoms with E-state index in [4.69, 9.17) is 23.2 Å². The Hall–Kier alpha value is -1.14. The molecule has 128 valence electrons. The van der Waals surface area contributed by atoms with E-state index in [1.807, 2.05) is 6.07 Å². The summed E-state index contributed by atoms with van der Waals surface area (Å²) < 4.78 is 0.932. The summed E-state index contributed by atoms with van der Waals surface area (Å²) in [6.07, 6.45) is 1.48. The quantitative estimate of drug-likeness (QED) is 0.324. The van der Waals surface area contributed by atoms with Gasteiger partial charge < -0.3 is 0 Å². The summed E-state index contributed by atoms with van der Waals surface area (Å²) >= 11 is 14.8. The third-order valence-electron chi connectivity index (χ3n) is 3.61. The van der Waals surface area contributed by atoms with Crippen LogP contribution in [0.15, 0.2) is 24.5 Å². The highest BCUT2D eigenvalue weighted by atomic mass is 127. The summed E-state index contributed by atoms with van der Waals surface area (Å²) in [7, 11) is -0.333. The maximum atomic E-state index is 9.85. The summed E-state index contributed by atoms with van der Waals surface area (Å²) in [5, 5.41) is 17.9. The largest absolute Gasteiger partial charge is 0.255 e. The molecule has 0 saturated heterocycles. The SMILES string of the molecule is CC(C)(C)[s+]1c(I)c(C#N)c(-c2ccc(Cl)cc2Cl)c1-c1ncn[nH]1. The van der Waals surface area contributed by atoms with Gasteiger partial charge in [-0.05, 0) is 32.9 Å². The predicted octanol–water partition coefficient (Wildman–Crippen LogP) is 6.43. The fourth-order valence-electron chi connectivity index (χ4n) is 2.66. The van der Waals surface area contributed by atoms with Crippen LogP contribution < -0.4 is 0 Å². The van der Waals surface area contributed by atoms with Crippen molar-refractivity contribution in [2.75, 3.05) is 0 Å². The lowest BCUT2D eigenvalue weighted by Crippen LogP contribution is -2.05. The predicted molar refractivity (Wildman–Crippen MR) is 112 cm³/mol. The molecule has 2 aromatic heterocycles. The van der Waals surface area contributed by atoms with Crippen LogP contribution in [0.5, 0.6) is 0 Å². The molecule has 0 fully saturated rings. The maximum absolute atomic E-state index is 9.85. The number of nitrogens with one attached hydrogen (secondary N) is 1. The highest BCUT2D eigenvalue weighted by Crippen LogP contribution is 2.56. The van der Waals surface area contributed by atoms with E-state index in [0.29, 0.717) is 21.4 Å². The molecule has 1 atom stereocenters. The maximum Gasteiger partial charge on any atom is 0.228 e. The minimum Gasteiger partial charge on any atom is -0.255 e. The number of nitrogens with zero attached hydrogens (tertiary/aromatic N) is 3. The van der Waals surface area contributed by atoms with Crippen molar-refractivity contribution in [2.24, 2.45) is 0 Å². The minimum atomic E-state index is -0.333. The standard InChI is InChI=1S/C17H14Cl2IN4S/c1-17(2,3)25-14(16-22-8-23-24-16)13(11(7-21)15(25)20)10-5-4-9(18)6-12(10)19/h4-6,8H,1-3H3,(H,22,23,24)/q+1. The van der Waals surface area contributed by atoms with Gasteiger partial charge in [0.05, 0.1) is 10.6 Å². The van der Waals surface area contributed by atoms with E-state index < -0.39 is 0 Å².